The minimum atomic E-state index is -0.650. The fourth-order valence-corrected chi connectivity index (χ4v) is 2.93. The molecule has 0 fully saturated rings. The molecule has 0 saturated heterocycles. The number of nitriles is 1. The molecule has 0 unspecified atom stereocenters. The summed E-state index contributed by atoms with van der Waals surface area (Å²) in [6, 6.07) is 9.61. The van der Waals surface area contributed by atoms with E-state index in [1.54, 1.807) is 6.08 Å². The maximum atomic E-state index is 12.8. The molecule has 1 aromatic heterocycles. The second-order valence-corrected chi connectivity index (χ2v) is 7.29. The van der Waals surface area contributed by atoms with Crippen LogP contribution in [0.3, 0.4) is 0 Å². The monoisotopic (exact) mass is 398 g/mol. The lowest BCUT2D eigenvalue weighted by molar-refractivity contribution is -0.138. The summed E-state index contributed by atoms with van der Waals surface area (Å²) in [6.45, 7) is 9.61. The number of rotatable bonds is 9. The van der Waals surface area contributed by atoms with Gasteiger partial charge in [-0.25, -0.2) is 9.18 Å². The van der Waals surface area contributed by atoms with Gasteiger partial charge in [0.05, 0.1) is 13.2 Å². The van der Waals surface area contributed by atoms with Crippen molar-refractivity contribution in [1.29, 1.82) is 5.26 Å². The first kappa shape index (κ1) is 22.2. The molecule has 0 aliphatic carbocycles. The summed E-state index contributed by atoms with van der Waals surface area (Å²) in [6.07, 6.45) is 2.04. The third kappa shape index (κ3) is 6.49. The largest absolute Gasteiger partial charge is 0.493 e. The van der Waals surface area contributed by atoms with Gasteiger partial charge >= 0.3 is 5.97 Å². The van der Waals surface area contributed by atoms with Crippen LogP contribution in [0.25, 0.3) is 6.08 Å². The summed E-state index contributed by atoms with van der Waals surface area (Å²) < 4.78 is 25.7. The van der Waals surface area contributed by atoms with Crippen molar-refractivity contribution in [3.8, 4) is 11.8 Å². The number of aryl methyl sites for hydroxylation is 1. The number of ether oxygens (including phenoxy) is 2. The summed E-state index contributed by atoms with van der Waals surface area (Å²) in [5.74, 6) is 0.0660. The molecule has 1 aromatic carbocycles. The van der Waals surface area contributed by atoms with Crippen LogP contribution >= 0.6 is 0 Å². The predicted octanol–water partition coefficient (Wildman–Crippen LogP) is 4.82. The van der Waals surface area contributed by atoms with Crippen molar-refractivity contribution in [2.45, 2.75) is 40.7 Å². The van der Waals surface area contributed by atoms with Gasteiger partial charge in [0.2, 0.25) is 0 Å². The lowest BCUT2D eigenvalue weighted by Gasteiger charge is -2.12. The maximum absolute atomic E-state index is 12.8. The second-order valence-electron chi connectivity index (χ2n) is 7.29. The highest BCUT2D eigenvalue weighted by molar-refractivity contribution is 5.98. The van der Waals surface area contributed by atoms with E-state index in [0.717, 1.165) is 23.5 Å². The molecule has 6 heteroatoms. The highest BCUT2D eigenvalue weighted by Crippen LogP contribution is 2.20. The van der Waals surface area contributed by atoms with Crippen LogP contribution in [0.1, 0.15) is 37.2 Å². The van der Waals surface area contributed by atoms with Crippen molar-refractivity contribution in [2.24, 2.45) is 5.92 Å². The quantitative estimate of drug-likeness (QED) is 0.263. The Labute approximate surface area is 171 Å². The molecule has 0 saturated carbocycles. The van der Waals surface area contributed by atoms with Gasteiger partial charge in [-0.2, -0.15) is 5.26 Å². The van der Waals surface area contributed by atoms with Crippen molar-refractivity contribution in [3.05, 3.63) is 58.7 Å². The predicted molar refractivity (Wildman–Crippen MR) is 110 cm³/mol. The highest BCUT2D eigenvalue weighted by Gasteiger charge is 2.14. The van der Waals surface area contributed by atoms with E-state index in [0.29, 0.717) is 24.7 Å². The Balaban J connectivity index is 1.90. The molecule has 0 N–H and O–H groups in total. The van der Waals surface area contributed by atoms with Crippen LogP contribution in [0.15, 0.2) is 35.9 Å². The van der Waals surface area contributed by atoms with Gasteiger partial charge in [-0.05, 0) is 61.7 Å². The van der Waals surface area contributed by atoms with Crippen LogP contribution in [0.4, 0.5) is 4.39 Å². The molecule has 5 nitrogen and oxygen atoms in total. The molecule has 29 heavy (non-hydrogen) atoms. The van der Waals surface area contributed by atoms with Crippen LogP contribution in [0, 0.1) is 36.9 Å². The van der Waals surface area contributed by atoms with E-state index in [9.17, 15) is 14.4 Å². The Morgan fingerprint density at radius 2 is 1.93 bits per heavy atom. The topological polar surface area (TPSA) is 64.2 Å². The standard InChI is InChI=1S/C23H27FN2O3/c1-16(2)15-26-17(3)12-19(18(26)4)13-20(14-25)23(27)29-11-5-10-28-22-8-6-21(24)7-9-22/h6-9,12-13,16H,5,10-11,15H2,1-4H3/b20-13+. The molecule has 0 radical (unpaired) electrons. The number of nitrogens with zero attached hydrogens (tertiary/aromatic N) is 2. The Hall–Kier alpha value is -3.07. The first-order chi connectivity index (χ1) is 13.8. The molecule has 0 amide bonds. The van der Waals surface area contributed by atoms with Gasteiger partial charge in [0.25, 0.3) is 0 Å². The van der Waals surface area contributed by atoms with Gasteiger partial charge in [-0.15, -0.1) is 0 Å². The van der Waals surface area contributed by atoms with E-state index in [2.05, 4.69) is 18.4 Å². The van der Waals surface area contributed by atoms with Crippen molar-refractivity contribution >= 4 is 12.0 Å². The van der Waals surface area contributed by atoms with Crippen molar-refractivity contribution in [1.82, 2.24) is 4.57 Å². The highest BCUT2D eigenvalue weighted by atomic mass is 19.1. The van der Waals surface area contributed by atoms with E-state index in [-0.39, 0.29) is 18.0 Å². The van der Waals surface area contributed by atoms with Gasteiger partial charge in [-0.1, -0.05) is 13.8 Å². The summed E-state index contributed by atoms with van der Waals surface area (Å²) >= 11 is 0. The first-order valence-corrected chi connectivity index (χ1v) is 9.65. The number of halogens is 1. The number of carbonyl (C=O) groups is 1. The second kappa shape index (κ2) is 10.5. The minimum absolute atomic E-state index is 0.0331. The molecule has 0 spiro atoms. The Morgan fingerprint density at radius 3 is 2.55 bits per heavy atom. The normalized spacial score (nSPS) is 11.4. The van der Waals surface area contributed by atoms with Crippen LogP contribution in [0.5, 0.6) is 5.75 Å². The lowest BCUT2D eigenvalue weighted by Crippen LogP contribution is -2.10. The number of hydrogen-bond donors (Lipinski definition) is 0. The molecular weight excluding hydrogens is 371 g/mol. The fraction of sp³-hybridized carbons (Fsp3) is 0.391. The lowest BCUT2D eigenvalue weighted by atomic mass is 10.1. The summed E-state index contributed by atoms with van der Waals surface area (Å²) in [4.78, 5) is 12.2. The van der Waals surface area contributed by atoms with Gasteiger partial charge in [0.15, 0.2) is 0 Å². The Bertz CT molecular complexity index is 905. The van der Waals surface area contributed by atoms with Gasteiger partial charge in [0, 0.05) is 24.4 Å². The summed E-state index contributed by atoms with van der Waals surface area (Å²) in [5, 5.41) is 9.36. The van der Waals surface area contributed by atoms with Gasteiger partial charge in [-0.3, -0.25) is 0 Å². The number of hydrogen-bond acceptors (Lipinski definition) is 4. The van der Waals surface area contributed by atoms with Crippen LogP contribution < -0.4 is 4.74 Å². The average molecular weight is 398 g/mol. The zero-order valence-electron chi connectivity index (χ0n) is 17.4. The number of benzene rings is 1. The van der Waals surface area contributed by atoms with E-state index in [4.69, 9.17) is 9.47 Å². The number of carbonyl (C=O) groups excluding carboxylic acids is 1. The smallest absolute Gasteiger partial charge is 0.348 e. The van der Waals surface area contributed by atoms with E-state index >= 15 is 0 Å². The van der Waals surface area contributed by atoms with Crippen LogP contribution in [-0.2, 0) is 16.1 Å². The Morgan fingerprint density at radius 1 is 1.24 bits per heavy atom. The molecule has 2 rings (SSSR count). The van der Waals surface area contributed by atoms with Crippen LogP contribution in [-0.4, -0.2) is 23.8 Å². The number of aromatic nitrogens is 1. The Kier molecular flexibility index (Phi) is 8.02. The third-order valence-corrected chi connectivity index (χ3v) is 4.40. The third-order valence-electron chi connectivity index (χ3n) is 4.40. The first-order valence-electron chi connectivity index (χ1n) is 9.65. The molecule has 0 aliphatic heterocycles. The van der Waals surface area contributed by atoms with Gasteiger partial charge in [0.1, 0.15) is 23.2 Å². The van der Waals surface area contributed by atoms with E-state index in [1.165, 1.54) is 24.3 Å². The molecule has 154 valence electrons. The number of esters is 1. The summed E-state index contributed by atoms with van der Waals surface area (Å²) in [5.41, 5.74) is 2.92. The van der Waals surface area contributed by atoms with Gasteiger partial charge < -0.3 is 14.0 Å². The molecule has 1 heterocycles. The zero-order valence-corrected chi connectivity index (χ0v) is 17.4. The maximum Gasteiger partial charge on any atom is 0.348 e. The van der Waals surface area contributed by atoms with Crippen LogP contribution in [0.2, 0.25) is 0 Å². The van der Waals surface area contributed by atoms with Crippen molar-refractivity contribution in [3.63, 3.8) is 0 Å². The van der Waals surface area contributed by atoms with E-state index < -0.39 is 5.97 Å². The molecular formula is C23H27FN2O3. The molecule has 0 aliphatic rings. The molecule has 0 bridgehead atoms. The molecule has 2 aromatic rings. The van der Waals surface area contributed by atoms with Crippen molar-refractivity contribution in [2.75, 3.05) is 13.2 Å². The minimum Gasteiger partial charge on any atom is -0.493 e. The van der Waals surface area contributed by atoms with Crippen molar-refractivity contribution < 1.29 is 18.7 Å². The van der Waals surface area contributed by atoms with E-state index in [1.807, 2.05) is 26.0 Å². The average Bonchev–Trinajstić information content (AvgIpc) is 2.94. The summed E-state index contributed by atoms with van der Waals surface area (Å²) in [7, 11) is 0. The molecule has 0 atom stereocenters. The zero-order chi connectivity index (χ0) is 21.4. The fourth-order valence-electron chi connectivity index (χ4n) is 2.93. The SMILES string of the molecule is Cc1cc(/C=C(\C#N)C(=O)OCCCOc2ccc(F)cc2)c(C)n1CC(C)C.